The third-order valence-corrected chi connectivity index (χ3v) is 2.03. The van der Waals surface area contributed by atoms with E-state index in [2.05, 4.69) is 20.7 Å². The molecule has 0 bridgehead atoms. The fraction of sp³-hybridized carbons (Fsp3) is 0.111. The molecule has 0 fully saturated rings. The van der Waals surface area contributed by atoms with E-state index in [0.29, 0.717) is 5.71 Å². The zero-order chi connectivity index (χ0) is 10.7. The van der Waals surface area contributed by atoms with Gasteiger partial charge >= 0.3 is 0 Å². The molecular weight excluding hydrogens is 194 g/mol. The van der Waals surface area contributed by atoms with E-state index < -0.39 is 0 Å². The highest BCUT2D eigenvalue weighted by atomic mass is 16.4. The highest BCUT2D eigenvalue weighted by Gasteiger charge is 2.01. The molecule has 0 saturated heterocycles. The van der Waals surface area contributed by atoms with Crippen molar-refractivity contribution in [1.29, 1.82) is 0 Å². The molecule has 0 saturated carbocycles. The van der Waals surface area contributed by atoms with Gasteiger partial charge in [0.15, 0.2) is 0 Å². The maximum absolute atomic E-state index is 8.65. The Morgan fingerprint density at radius 1 is 1.47 bits per heavy atom. The second kappa shape index (κ2) is 3.87. The average Bonchev–Trinajstić information content (AvgIpc) is 2.82. The van der Waals surface area contributed by atoms with E-state index >= 15 is 0 Å². The minimum Gasteiger partial charge on any atom is -0.411 e. The number of hydrogen-bond acceptors (Lipinski definition) is 5. The van der Waals surface area contributed by atoms with Crippen LogP contribution in [0.1, 0.15) is 12.5 Å². The summed E-state index contributed by atoms with van der Waals surface area (Å²) in [6.45, 7) is 1.72. The summed E-state index contributed by atoms with van der Waals surface area (Å²) < 4.78 is 1.54. The van der Waals surface area contributed by atoms with Gasteiger partial charge in [0.2, 0.25) is 0 Å². The zero-order valence-corrected chi connectivity index (χ0v) is 8.07. The number of aromatic nitrogens is 4. The summed E-state index contributed by atoms with van der Waals surface area (Å²) in [5, 5.41) is 22.6. The zero-order valence-electron chi connectivity index (χ0n) is 8.07. The predicted molar refractivity (Wildman–Crippen MR) is 53.2 cm³/mol. The van der Waals surface area contributed by atoms with Crippen molar-refractivity contribution >= 4 is 5.71 Å². The van der Waals surface area contributed by atoms with Gasteiger partial charge in [-0.15, -0.1) is 5.10 Å². The van der Waals surface area contributed by atoms with Crippen LogP contribution in [0.2, 0.25) is 0 Å². The third-order valence-electron chi connectivity index (χ3n) is 2.03. The fourth-order valence-electron chi connectivity index (χ4n) is 1.21. The molecule has 0 aliphatic rings. The molecule has 6 nitrogen and oxygen atoms in total. The summed E-state index contributed by atoms with van der Waals surface area (Å²) in [6, 6.07) is 7.40. The van der Waals surface area contributed by atoms with E-state index in [4.69, 9.17) is 5.21 Å². The molecule has 0 radical (unpaired) electrons. The molecule has 76 valence electrons. The van der Waals surface area contributed by atoms with E-state index in [0.717, 1.165) is 11.3 Å². The molecule has 1 aromatic heterocycles. The van der Waals surface area contributed by atoms with Crippen molar-refractivity contribution in [2.75, 3.05) is 0 Å². The molecule has 0 spiro atoms. The van der Waals surface area contributed by atoms with Gasteiger partial charge < -0.3 is 5.21 Å². The number of rotatable bonds is 2. The van der Waals surface area contributed by atoms with Gasteiger partial charge in [-0.3, -0.25) is 0 Å². The summed E-state index contributed by atoms with van der Waals surface area (Å²) in [4.78, 5) is 0. The molecule has 2 rings (SSSR count). The number of hydrogen-bond donors (Lipinski definition) is 1. The lowest BCUT2D eigenvalue weighted by Gasteiger charge is -2.02. The van der Waals surface area contributed by atoms with E-state index in [1.54, 1.807) is 6.92 Å². The monoisotopic (exact) mass is 203 g/mol. The highest BCUT2D eigenvalue weighted by Crippen LogP contribution is 2.09. The molecule has 15 heavy (non-hydrogen) atoms. The van der Waals surface area contributed by atoms with Gasteiger partial charge in [-0.25, -0.2) is 4.68 Å². The Bertz CT molecular complexity index is 477. The van der Waals surface area contributed by atoms with Crippen LogP contribution in [0.3, 0.4) is 0 Å². The minimum absolute atomic E-state index is 0.546. The average molecular weight is 203 g/mol. The van der Waals surface area contributed by atoms with Crippen LogP contribution in [-0.4, -0.2) is 31.1 Å². The van der Waals surface area contributed by atoms with Crippen molar-refractivity contribution < 1.29 is 5.21 Å². The van der Waals surface area contributed by atoms with Crippen LogP contribution in [0.25, 0.3) is 5.69 Å². The Labute approximate surface area is 85.8 Å². The lowest BCUT2D eigenvalue weighted by atomic mass is 10.1. The summed E-state index contributed by atoms with van der Waals surface area (Å²) in [6.07, 6.45) is 1.50. The molecule has 0 unspecified atom stereocenters. The normalized spacial score (nSPS) is 11.7. The SMILES string of the molecule is CC(=NO)c1cccc(-n2cnnn2)c1. The maximum Gasteiger partial charge on any atom is 0.143 e. The van der Waals surface area contributed by atoms with E-state index in [9.17, 15) is 0 Å². The molecule has 6 heteroatoms. The molecule has 1 heterocycles. The van der Waals surface area contributed by atoms with Gasteiger partial charge in [0, 0.05) is 5.56 Å². The second-order valence-corrected chi connectivity index (χ2v) is 2.99. The van der Waals surface area contributed by atoms with Crippen molar-refractivity contribution in [3.8, 4) is 5.69 Å². The van der Waals surface area contributed by atoms with Gasteiger partial charge in [-0.1, -0.05) is 17.3 Å². The first kappa shape index (κ1) is 9.32. The standard InChI is InChI=1S/C9H9N5O/c1-7(11-15)8-3-2-4-9(5-8)14-6-10-12-13-14/h2-6,15H,1H3. The number of oxime groups is 1. The first-order valence-electron chi connectivity index (χ1n) is 4.33. The Balaban J connectivity index is 2.44. The van der Waals surface area contributed by atoms with Gasteiger partial charge in [-0.2, -0.15) is 0 Å². The molecule has 0 aliphatic carbocycles. The topological polar surface area (TPSA) is 76.2 Å². The number of benzene rings is 1. The first-order chi connectivity index (χ1) is 7.31. The second-order valence-electron chi connectivity index (χ2n) is 2.99. The van der Waals surface area contributed by atoms with Crippen LogP contribution in [0.5, 0.6) is 0 Å². The molecule has 1 aromatic carbocycles. The molecule has 0 atom stereocenters. The van der Waals surface area contributed by atoms with Crippen LogP contribution in [0, 0.1) is 0 Å². The molecule has 0 amide bonds. The smallest absolute Gasteiger partial charge is 0.143 e. The third kappa shape index (κ3) is 1.83. The van der Waals surface area contributed by atoms with E-state index in [1.165, 1.54) is 11.0 Å². The van der Waals surface area contributed by atoms with Gasteiger partial charge in [0.05, 0.1) is 11.4 Å². The quantitative estimate of drug-likeness (QED) is 0.446. The maximum atomic E-state index is 8.65. The van der Waals surface area contributed by atoms with Crippen LogP contribution >= 0.6 is 0 Å². The summed E-state index contributed by atoms with van der Waals surface area (Å²) >= 11 is 0. The Hall–Kier alpha value is -2.24. The lowest BCUT2D eigenvalue weighted by molar-refractivity contribution is 0.319. The van der Waals surface area contributed by atoms with Crippen LogP contribution in [0.4, 0.5) is 0 Å². The number of nitrogens with zero attached hydrogens (tertiary/aromatic N) is 5. The highest BCUT2D eigenvalue weighted by molar-refractivity contribution is 5.98. The first-order valence-corrected chi connectivity index (χ1v) is 4.33. The Morgan fingerprint density at radius 2 is 2.33 bits per heavy atom. The summed E-state index contributed by atoms with van der Waals surface area (Å²) in [7, 11) is 0. The Kier molecular flexibility index (Phi) is 2.40. The van der Waals surface area contributed by atoms with Crippen LogP contribution < -0.4 is 0 Å². The van der Waals surface area contributed by atoms with Crippen molar-refractivity contribution in [2.24, 2.45) is 5.16 Å². The fourth-order valence-corrected chi connectivity index (χ4v) is 1.21. The Morgan fingerprint density at radius 3 is 3.00 bits per heavy atom. The summed E-state index contributed by atoms with van der Waals surface area (Å²) in [5.41, 5.74) is 2.19. The van der Waals surface area contributed by atoms with E-state index in [1.807, 2.05) is 24.3 Å². The molecule has 0 aliphatic heterocycles. The summed E-state index contributed by atoms with van der Waals surface area (Å²) in [5.74, 6) is 0. The van der Waals surface area contributed by atoms with Gasteiger partial charge in [0.25, 0.3) is 0 Å². The van der Waals surface area contributed by atoms with Crippen LogP contribution in [-0.2, 0) is 0 Å². The lowest BCUT2D eigenvalue weighted by Crippen LogP contribution is -1.99. The largest absolute Gasteiger partial charge is 0.411 e. The van der Waals surface area contributed by atoms with Crippen molar-refractivity contribution in [3.05, 3.63) is 36.2 Å². The van der Waals surface area contributed by atoms with Gasteiger partial charge in [0.1, 0.15) is 6.33 Å². The molecular formula is C9H9N5O. The minimum atomic E-state index is 0.546. The van der Waals surface area contributed by atoms with Gasteiger partial charge in [-0.05, 0) is 29.5 Å². The van der Waals surface area contributed by atoms with Crippen LogP contribution in [0.15, 0.2) is 35.7 Å². The van der Waals surface area contributed by atoms with E-state index in [-0.39, 0.29) is 0 Å². The van der Waals surface area contributed by atoms with Crippen molar-refractivity contribution in [1.82, 2.24) is 20.2 Å². The van der Waals surface area contributed by atoms with Crippen molar-refractivity contribution in [3.63, 3.8) is 0 Å². The predicted octanol–water partition coefficient (Wildman–Crippen LogP) is 0.860. The number of tetrazole rings is 1. The molecule has 2 aromatic rings. The van der Waals surface area contributed by atoms with Crippen molar-refractivity contribution in [2.45, 2.75) is 6.92 Å². The molecule has 1 N–H and O–H groups in total.